The van der Waals surface area contributed by atoms with Crippen molar-refractivity contribution in [2.24, 2.45) is 5.92 Å². The molecule has 1 saturated carbocycles. The highest BCUT2D eigenvalue weighted by Gasteiger charge is 2.20. The molecule has 1 aromatic heterocycles. The molecule has 0 unspecified atom stereocenters. The molecule has 15 heavy (non-hydrogen) atoms. The number of hydrogen-bond donors (Lipinski definition) is 1. The highest BCUT2D eigenvalue weighted by atomic mass is 16.2. The summed E-state index contributed by atoms with van der Waals surface area (Å²) in [5.74, 6) is 0.800. The summed E-state index contributed by atoms with van der Waals surface area (Å²) in [5.41, 5.74) is 0.161. The van der Waals surface area contributed by atoms with E-state index in [-0.39, 0.29) is 11.2 Å². The van der Waals surface area contributed by atoms with Crippen molar-refractivity contribution in [1.82, 2.24) is 9.55 Å². The van der Waals surface area contributed by atoms with Gasteiger partial charge in [-0.25, -0.2) is 4.79 Å². The summed E-state index contributed by atoms with van der Waals surface area (Å²) in [4.78, 5) is 25.1. The van der Waals surface area contributed by atoms with Gasteiger partial charge in [0.25, 0.3) is 5.56 Å². The summed E-state index contributed by atoms with van der Waals surface area (Å²) < 4.78 is 1.62. The molecule has 1 N–H and O–H groups in total. The summed E-state index contributed by atoms with van der Waals surface area (Å²) in [6, 6.07) is 0. The van der Waals surface area contributed by atoms with Crippen LogP contribution in [0.4, 0.5) is 0 Å². The van der Waals surface area contributed by atoms with Crippen molar-refractivity contribution in [3.63, 3.8) is 0 Å². The van der Waals surface area contributed by atoms with Gasteiger partial charge in [0.2, 0.25) is 0 Å². The van der Waals surface area contributed by atoms with Gasteiger partial charge < -0.3 is 4.57 Å². The fraction of sp³-hybridized carbons (Fsp3) is 0.636. The van der Waals surface area contributed by atoms with Gasteiger partial charge in [0.15, 0.2) is 0 Å². The van der Waals surface area contributed by atoms with E-state index in [2.05, 4.69) is 4.98 Å². The van der Waals surface area contributed by atoms with E-state index >= 15 is 0 Å². The first kappa shape index (κ1) is 10.2. The van der Waals surface area contributed by atoms with Crippen LogP contribution in [0.5, 0.6) is 0 Å². The van der Waals surface area contributed by atoms with Crippen molar-refractivity contribution in [3.8, 4) is 0 Å². The van der Waals surface area contributed by atoms with E-state index in [4.69, 9.17) is 0 Å². The molecule has 0 aromatic carbocycles. The molecule has 0 saturated heterocycles. The SMILES string of the molecule is CCc1cn(CCC2CC2)c(=O)[nH]c1=O. The summed E-state index contributed by atoms with van der Waals surface area (Å²) in [6.45, 7) is 2.65. The Hall–Kier alpha value is -1.32. The molecule has 1 aliphatic rings. The Morgan fingerprint density at radius 2 is 2.20 bits per heavy atom. The van der Waals surface area contributed by atoms with Crippen molar-refractivity contribution in [2.45, 2.75) is 39.2 Å². The van der Waals surface area contributed by atoms with Crippen molar-refractivity contribution in [3.05, 3.63) is 32.6 Å². The Morgan fingerprint density at radius 3 is 2.80 bits per heavy atom. The first-order valence-electron chi connectivity index (χ1n) is 5.53. The van der Waals surface area contributed by atoms with Crippen LogP contribution in [0.25, 0.3) is 0 Å². The van der Waals surface area contributed by atoms with Crippen molar-refractivity contribution in [1.29, 1.82) is 0 Å². The third-order valence-corrected chi connectivity index (χ3v) is 2.94. The number of nitrogens with one attached hydrogen (secondary N) is 1. The van der Waals surface area contributed by atoms with Crippen LogP contribution in [0.2, 0.25) is 0 Å². The molecule has 4 nitrogen and oxygen atoms in total. The number of aromatic nitrogens is 2. The number of rotatable bonds is 4. The lowest BCUT2D eigenvalue weighted by atomic mass is 10.2. The predicted molar refractivity (Wildman–Crippen MR) is 58.0 cm³/mol. The Bertz CT molecular complexity index is 454. The fourth-order valence-corrected chi connectivity index (χ4v) is 1.70. The molecule has 0 aliphatic heterocycles. The van der Waals surface area contributed by atoms with Gasteiger partial charge in [0, 0.05) is 18.3 Å². The number of aryl methyl sites for hydroxylation is 2. The van der Waals surface area contributed by atoms with E-state index in [1.54, 1.807) is 10.8 Å². The average Bonchev–Trinajstić information content (AvgIpc) is 3.00. The molecule has 1 fully saturated rings. The molecule has 0 atom stereocenters. The average molecular weight is 208 g/mol. The highest BCUT2D eigenvalue weighted by molar-refractivity contribution is 5.03. The first-order valence-corrected chi connectivity index (χ1v) is 5.53. The zero-order chi connectivity index (χ0) is 10.8. The molecular formula is C11H16N2O2. The van der Waals surface area contributed by atoms with E-state index in [1.807, 2.05) is 6.92 Å². The second-order valence-electron chi connectivity index (χ2n) is 4.19. The maximum absolute atomic E-state index is 11.4. The van der Waals surface area contributed by atoms with Crippen molar-refractivity contribution in [2.75, 3.05) is 0 Å². The molecule has 0 spiro atoms. The minimum Gasteiger partial charge on any atom is -0.300 e. The van der Waals surface area contributed by atoms with Crippen LogP contribution in [0.15, 0.2) is 15.8 Å². The van der Waals surface area contributed by atoms with Crippen LogP contribution in [0.1, 0.15) is 31.7 Å². The second kappa shape index (κ2) is 4.04. The maximum atomic E-state index is 11.4. The van der Waals surface area contributed by atoms with Crippen LogP contribution in [-0.4, -0.2) is 9.55 Å². The van der Waals surface area contributed by atoms with Gasteiger partial charge in [-0.1, -0.05) is 19.8 Å². The Kier molecular flexibility index (Phi) is 2.75. The lowest BCUT2D eigenvalue weighted by molar-refractivity contribution is 0.565. The summed E-state index contributed by atoms with van der Waals surface area (Å²) in [5, 5.41) is 0. The number of aromatic amines is 1. The smallest absolute Gasteiger partial charge is 0.300 e. The van der Waals surface area contributed by atoms with Crippen molar-refractivity contribution < 1.29 is 0 Å². The monoisotopic (exact) mass is 208 g/mol. The van der Waals surface area contributed by atoms with E-state index in [9.17, 15) is 9.59 Å². The molecule has 1 aliphatic carbocycles. The van der Waals surface area contributed by atoms with Crippen LogP contribution in [-0.2, 0) is 13.0 Å². The number of hydrogen-bond acceptors (Lipinski definition) is 2. The lowest BCUT2D eigenvalue weighted by Gasteiger charge is -2.05. The molecule has 0 bridgehead atoms. The van der Waals surface area contributed by atoms with Crippen LogP contribution in [0, 0.1) is 5.92 Å². The highest BCUT2D eigenvalue weighted by Crippen LogP contribution is 2.32. The van der Waals surface area contributed by atoms with E-state index in [1.165, 1.54) is 12.8 Å². The standard InChI is InChI=1S/C11H16N2O2/c1-2-9-7-13(6-5-8-3-4-8)11(15)12-10(9)14/h7-8H,2-6H2,1H3,(H,12,14,15). The molecule has 4 heteroatoms. The van der Waals surface area contributed by atoms with Gasteiger partial charge in [0.1, 0.15) is 0 Å². The zero-order valence-corrected chi connectivity index (χ0v) is 8.95. The van der Waals surface area contributed by atoms with Crippen molar-refractivity contribution >= 4 is 0 Å². The van der Waals surface area contributed by atoms with E-state index in [0.29, 0.717) is 12.0 Å². The molecule has 1 aromatic rings. The molecule has 0 amide bonds. The minimum atomic E-state index is -0.280. The number of H-pyrrole nitrogens is 1. The summed E-state index contributed by atoms with van der Waals surface area (Å²) in [7, 11) is 0. The van der Waals surface area contributed by atoms with Gasteiger partial charge in [-0.3, -0.25) is 9.78 Å². The molecule has 82 valence electrons. The van der Waals surface area contributed by atoms with Gasteiger partial charge in [0.05, 0.1) is 0 Å². The lowest BCUT2D eigenvalue weighted by Crippen LogP contribution is -2.31. The first-order chi connectivity index (χ1) is 7.20. The molecule has 2 rings (SSSR count). The fourth-order valence-electron chi connectivity index (χ4n) is 1.70. The minimum absolute atomic E-state index is 0.245. The number of nitrogens with zero attached hydrogens (tertiary/aromatic N) is 1. The Balaban J connectivity index is 2.20. The van der Waals surface area contributed by atoms with Gasteiger partial charge >= 0.3 is 5.69 Å². The van der Waals surface area contributed by atoms with Crippen LogP contribution in [0.3, 0.4) is 0 Å². The summed E-state index contributed by atoms with van der Waals surface area (Å²) >= 11 is 0. The maximum Gasteiger partial charge on any atom is 0.328 e. The van der Waals surface area contributed by atoms with E-state index in [0.717, 1.165) is 18.9 Å². The zero-order valence-electron chi connectivity index (χ0n) is 8.95. The van der Waals surface area contributed by atoms with Gasteiger partial charge in [-0.2, -0.15) is 0 Å². The summed E-state index contributed by atoms with van der Waals surface area (Å²) in [6.07, 6.45) is 6.00. The van der Waals surface area contributed by atoms with Crippen LogP contribution < -0.4 is 11.2 Å². The third-order valence-electron chi connectivity index (χ3n) is 2.94. The topological polar surface area (TPSA) is 54.9 Å². The van der Waals surface area contributed by atoms with Crippen LogP contribution >= 0.6 is 0 Å². The molecule has 0 radical (unpaired) electrons. The largest absolute Gasteiger partial charge is 0.328 e. The third kappa shape index (κ3) is 2.37. The molecular weight excluding hydrogens is 192 g/mol. The Labute approximate surface area is 88.0 Å². The quantitative estimate of drug-likeness (QED) is 0.799. The second-order valence-corrected chi connectivity index (χ2v) is 4.19. The molecule has 1 heterocycles. The van der Waals surface area contributed by atoms with E-state index < -0.39 is 0 Å². The predicted octanol–water partition coefficient (Wildman–Crippen LogP) is 0.899. The normalized spacial score (nSPS) is 15.5. The van der Waals surface area contributed by atoms with Gasteiger partial charge in [-0.05, 0) is 18.8 Å². The van der Waals surface area contributed by atoms with Gasteiger partial charge in [-0.15, -0.1) is 0 Å². The Morgan fingerprint density at radius 1 is 1.47 bits per heavy atom.